The number of ether oxygens (including phenoxy) is 2. The van der Waals surface area contributed by atoms with Crippen molar-refractivity contribution in [2.45, 2.75) is 57.8 Å². The summed E-state index contributed by atoms with van der Waals surface area (Å²) in [5.74, 6) is 0.331. The maximum Gasteiger partial charge on any atom is 0.225 e. The van der Waals surface area contributed by atoms with Crippen molar-refractivity contribution in [1.82, 2.24) is 19.9 Å². The molecule has 1 saturated carbocycles. The topological polar surface area (TPSA) is 114 Å². The van der Waals surface area contributed by atoms with Gasteiger partial charge in [0.2, 0.25) is 5.95 Å². The smallest absolute Gasteiger partial charge is 0.225 e. The molecule has 1 aliphatic carbocycles. The van der Waals surface area contributed by atoms with E-state index in [1.54, 1.807) is 23.7 Å². The van der Waals surface area contributed by atoms with Gasteiger partial charge in [-0.1, -0.05) is 12.1 Å². The lowest BCUT2D eigenvalue weighted by molar-refractivity contribution is -0.168. The highest BCUT2D eigenvalue weighted by Crippen LogP contribution is 2.50. The highest BCUT2D eigenvalue weighted by atomic mass is 32.1. The van der Waals surface area contributed by atoms with E-state index in [0.717, 1.165) is 38.5 Å². The molecular weight excluding hydrogens is 488 g/mol. The number of nitrogens with zero attached hydrogens (tertiary/aromatic N) is 4. The fourth-order valence-electron chi connectivity index (χ4n) is 5.35. The lowest BCUT2D eigenvalue weighted by atomic mass is 10.0. The predicted molar refractivity (Wildman–Crippen MR) is 143 cm³/mol. The number of nitrogens with one attached hydrogen (secondary N) is 2. The van der Waals surface area contributed by atoms with Crippen molar-refractivity contribution < 1.29 is 14.6 Å². The zero-order valence-corrected chi connectivity index (χ0v) is 21.9. The van der Waals surface area contributed by atoms with Crippen molar-refractivity contribution in [3.8, 4) is 10.6 Å². The Hall–Kier alpha value is -3.18. The first kappa shape index (κ1) is 24.2. The molecule has 192 valence electrons. The molecule has 3 unspecified atom stereocenters. The van der Waals surface area contributed by atoms with Crippen LogP contribution >= 0.6 is 11.3 Å². The summed E-state index contributed by atoms with van der Waals surface area (Å²) in [6.07, 6.45) is 4.70. The maximum absolute atomic E-state index is 10.0. The standard InChI is InChI=1S/C27H30N6O3S/c1-16-21(24-31-19-6-4-5-7-20(19)37-24)23(32-25(30-16)29-14-17-9-12-28-13-10-17)33-27-11-8-18(15-34)22(27)35-26(2,3)36-27/h4-7,9-10,12-13,18,22,34H,8,11,14-15H2,1-3H3,(H2,29,30,32,33). The Morgan fingerprint density at radius 3 is 2.70 bits per heavy atom. The first-order valence-corrected chi connectivity index (χ1v) is 13.3. The van der Waals surface area contributed by atoms with Crippen LogP contribution in [0.5, 0.6) is 0 Å². The van der Waals surface area contributed by atoms with E-state index in [4.69, 9.17) is 24.4 Å². The van der Waals surface area contributed by atoms with Gasteiger partial charge in [-0.25, -0.2) is 9.97 Å². The Morgan fingerprint density at radius 2 is 1.92 bits per heavy atom. The molecule has 6 rings (SSSR count). The summed E-state index contributed by atoms with van der Waals surface area (Å²) in [4.78, 5) is 18.7. The van der Waals surface area contributed by atoms with Gasteiger partial charge >= 0.3 is 0 Å². The minimum Gasteiger partial charge on any atom is -0.396 e. The van der Waals surface area contributed by atoms with Crippen LogP contribution in [0.15, 0.2) is 48.8 Å². The first-order chi connectivity index (χ1) is 17.9. The average molecular weight is 519 g/mol. The number of hydrogen-bond donors (Lipinski definition) is 3. The summed E-state index contributed by atoms with van der Waals surface area (Å²) < 4.78 is 13.9. The van der Waals surface area contributed by atoms with E-state index in [-0.39, 0.29) is 18.6 Å². The van der Waals surface area contributed by atoms with Gasteiger partial charge < -0.3 is 25.2 Å². The SMILES string of the molecule is Cc1nc(NCc2ccncc2)nc(NC23CCC(CO)C2OC(C)(C)O3)c1-c1nc2ccccc2s1. The van der Waals surface area contributed by atoms with Crippen LogP contribution < -0.4 is 10.6 Å². The number of aliphatic hydroxyl groups excluding tert-OH is 1. The number of benzene rings is 1. The van der Waals surface area contributed by atoms with Crippen molar-refractivity contribution >= 4 is 33.3 Å². The van der Waals surface area contributed by atoms with Gasteiger partial charge in [0.1, 0.15) is 16.9 Å². The Labute approximate surface area is 219 Å². The lowest BCUT2D eigenvalue weighted by Gasteiger charge is -2.31. The Bertz CT molecular complexity index is 1400. The molecular formula is C27H30N6O3S. The van der Waals surface area contributed by atoms with Crippen LogP contribution in [-0.2, 0) is 16.0 Å². The number of anilines is 2. The summed E-state index contributed by atoms with van der Waals surface area (Å²) in [6, 6.07) is 12.0. The second-order valence-electron chi connectivity index (χ2n) is 10.1. The van der Waals surface area contributed by atoms with E-state index in [2.05, 4.69) is 21.7 Å². The van der Waals surface area contributed by atoms with Gasteiger partial charge in [-0.3, -0.25) is 4.98 Å². The van der Waals surface area contributed by atoms with Crippen LogP contribution in [0.25, 0.3) is 20.8 Å². The number of rotatable bonds is 7. The number of hydrogen-bond acceptors (Lipinski definition) is 10. The second kappa shape index (κ2) is 9.29. The van der Waals surface area contributed by atoms with Crippen LogP contribution in [0.4, 0.5) is 11.8 Å². The van der Waals surface area contributed by atoms with Gasteiger partial charge in [0.15, 0.2) is 11.5 Å². The molecule has 1 saturated heterocycles. The zero-order chi connectivity index (χ0) is 25.6. The molecule has 1 aromatic carbocycles. The minimum absolute atomic E-state index is 0.0209. The van der Waals surface area contributed by atoms with E-state index < -0.39 is 11.5 Å². The molecule has 1 aliphatic heterocycles. The Morgan fingerprint density at radius 1 is 1.11 bits per heavy atom. The summed E-state index contributed by atoms with van der Waals surface area (Å²) in [5.41, 5.74) is 2.84. The van der Waals surface area contributed by atoms with E-state index >= 15 is 0 Å². The highest BCUT2D eigenvalue weighted by Gasteiger charge is 2.60. The summed E-state index contributed by atoms with van der Waals surface area (Å²) in [5, 5.41) is 17.9. The number of aromatic nitrogens is 4. The van der Waals surface area contributed by atoms with Gasteiger partial charge in [-0.15, -0.1) is 11.3 Å². The highest BCUT2D eigenvalue weighted by molar-refractivity contribution is 7.21. The fourth-order valence-corrected chi connectivity index (χ4v) is 6.41. The number of aryl methyl sites for hydroxylation is 1. The molecule has 10 heteroatoms. The molecule has 0 amide bonds. The van der Waals surface area contributed by atoms with Crippen molar-refractivity contribution in [3.63, 3.8) is 0 Å². The monoisotopic (exact) mass is 518 g/mol. The number of thiazole rings is 1. The van der Waals surface area contributed by atoms with E-state index in [0.29, 0.717) is 24.7 Å². The predicted octanol–water partition coefficient (Wildman–Crippen LogP) is 4.73. The zero-order valence-electron chi connectivity index (χ0n) is 21.1. The molecule has 3 N–H and O–H groups in total. The third-order valence-corrected chi connectivity index (χ3v) is 8.03. The van der Waals surface area contributed by atoms with Crippen LogP contribution in [0.1, 0.15) is 37.9 Å². The average Bonchev–Trinajstić information content (AvgIpc) is 3.51. The number of fused-ring (bicyclic) bond motifs is 2. The molecule has 37 heavy (non-hydrogen) atoms. The minimum atomic E-state index is -0.814. The summed E-state index contributed by atoms with van der Waals surface area (Å²) in [6.45, 7) is 6.39. The Balaban J connectivity index is 1.42. The fraction of sp³-hybridized carbons (Fsp3) is 0.407. The molecule has 0 radical (unpaired) electrons. The maximum atomic E-state index is 10.0. The molecule has 0 bridgehead atoms. The van der Waals surface area contributed by atoms with Crippen LogP contribution in [0.3, 0.4) is 0 Å². The van der Waals surface area contributed by atoms with Crippen molar-refractivity contribution in [2.75, 3.05) is 17.2 Å². The van der Waals surface area contributed by atoms with Gasteiger partial charge in [0, 0.05) is 31.5 Å². The number of para-hydroxylation sites is 1. The number of aliphatic hydroxyl groups is 1. The second-order valence-corrected chi connectivity index (χ2v) is 11.1. The van der Waals surface area contributed by atoms with E-state index in [1.807, 2.05) is 51.1 Å². The van der Waals surface area contributed by atoms with Crippen LogP contribution in [-0.4, -0.2) is 49.3 Å². The number of pyridine rings is 1. The lowest BCUT2D eigenvalue weighted by Crippen LogP contribution is -2.46. The molecule has 2 aliphatic rings. The summed E-state index contributed by atoms with van der Waals surface area (Å²) >= 11 is 1.61. The third-order valence-electron chi connectivity index (χ3n) is 6.98. The van der Waals surface area contributed by atoms with Crippen molar-refractivity contribution in [1.29, 1.82) is 0 Å². The summed E-state index contributed by atoms with van der Waals surface area (Å²) in [7, 11) is 0. The largest absolute Gasteiger partial charge is 0.396 e. The molecule has 4 aromatic rings. The van der Waals surface area contributed by atoms with E-state index in [1.165, 1.54) is 0 Å². The van der Waals surface area contributed by atoms with Crippen LogP contribution in [0, 0.1) is 12.8 Å². The first-order valence-electron chi connectivity index (χ1n) is 12.5. The normalized spacial score (nSPS) is 24.3. The van der Waals surface area contributed by atoms with Gasteiger partial charge in [-0.2, -0.15) is 4.98 Å². The molecule has 3 atom stereocenters. The quantitative estimate of drug-likeness (QED) is 0.319. The molecule has 0 spiro atoms. The van der Waals surface area contributed by atoms with Gasteiger partial charge in [0.25, 0.3) is 0 Å². The molecule has 2 fully saturated rings. The molecule has 4 heterocycles. The van der Waals surface area contributed by atoms with Crippen LogP contribution in [0.2, 0.25) is 0 Å². The van der Waals surface area contributed by atoms with Gasteiger partial charge in [0.05, 0.1) is 21.5 Å². The van der Waals surface area contributed by atoms with Gasteiger partial charge in [-0.05, 0) is 63.4 Å². The third kappa shape index (κ3) is 4.54. The Kier molecular flexibility index (Phi) is 6.07. The van der Waals surface area contributed by atoms with Crippen molar-refractivity contribution in [3.05, 3.63) is 60.0 Å². The van der Waals surface area contributed by atoms with E-state index in [9.17, 15) is 5.11 Å². The molecule has 3 aromatic heterocycles. The van der Waals surface area contributed by atoms with Crippen molar-refractivity contribution in [2.24, 2.45) is 5.92 Å². The molecule has 9 nitrogen and oxygen atoms in total.